The van der Waals surface area contributed by atoms with Gasteiger partial charge in [-0.05, 0) is 56.5 Å². The van der Waals surface area contributed by atoms with Crippen LogP contribution in [0.5, 0.6) is 0 Å². The molecule has 0 atom stereocenters. The predicted octanol–water partition coefficient (Wildman–Crippen LogP) is 3.34. The lowest BCUT2D eigenvalue weighted by Gasteiger charge is -2.11. The third-order valence-corrected chi connectivity index (χ3v) is 3.71. The number of aryl methyl sites for hydroxylation is 1. The van der Waals surface area contributed by atoms with Crippen LogP contribution in [0.15, 0.2) is 33.5 Å². The van der Waals surface area contributed by atoms with Crippen LogP contribution in [-0.4, -0.2) is 9.97 Å². The lowest BCUT2D eigenvalue weighted by atomic mass is 10.2. The minimum Gasteiger partial charge on any atom is -0.338 e. The highest BCUT2D eigenvalue weighted by molar-refractivity contribution is 9.11. The molecule has 4 N–H and O–H groups in total. The van der Waals surface area contributed by atoms with Crippen LogP contribution >= 0.6 is 31.9 Å². The van der Waals surface area contributed by atoms with Gasteiger partial charge in [0.1, 0.15) is 16.6 Å². The number of aromatic nitrogens is 2. The van der Waals surface area contributed by atoms with Crippen molar-refractivity contribution in [1.29, 1.82) is 0 Å². The molecule has 94 valence electrons. The summed E-state index contributed by atoms with van der Waals surface area (Å²) in [6.45, 7) is 2.03. The van der Waals surface area contributed by atoms with E-state index in [1.54, 1.807) is 0 Å². The first-order valence-corrected chi connectivity index (χ1v) is 6.70. The van der Waals surface area contributed by atoms with Gasteiger partial charge in [0, 0.05) is 4.47 Å². The summed E-state index contributed by atoms with van der Waals surface area (Å²) in [5, 5.41) is 3.20. The predicted molar refractivity (Wildman–Crippen MR) is 79.7 cm³/mol. The largest absolute Gasteiger partial charge is 0.338 e. The van der Waals surface area contributed by atoms with E-state index in [4.69, 9.17) is 5.84 Å². The van der Waals surface area contributed by atoms with Crippen molar-refractivity contribution >= 4 is 49.2 Å². The molecule has 7 heteroatoms. The summed E-state index contributed by atoms with van der Waals surface area (Å²) >= 11 is 6.90. The van der Waals surface area contributed by atoms with Crippen LogP contribution < -0.4 is 16.6 Å². The molecule has 5 nitrogen and oxygen atoms in total. The molecule has 0 saturated heterocycles. The van der Waals surface area contributed by atoms with Crippen molar-refractivity contribution in [3.63, 3.8) is 0 Å². The number of hydrazine groups is 1. The monoisotopic (exact) mass is 371 g/mol. The summed E-state index contributed by atoms with van der Waals surface area (Å²) in [6.07, 6.45) is 1.43. The van der Waals surface area contributed by atoms with Gasteiger partial charge in [0.15, 0.2) is 5.82 Å². The molecular formula is C11H11Br2N5. The normalized spacial score (nSPS) is 10.2. The maximum Gasteiger partial charge on any atom is 0.159 e. The Balaban J connectivity index is 2.34. The van der Waals surface area contributed by atoms with E-state index in [1.165, 1.54) is 11.9 Å². The second-order valence-corrected chi connectivity index (χ2v) is 5.28. The van der Waals surface area contributed by atoms with Crippen LogP contribution in [0, 0.1) is 6.92 Å². The van der Waals surface area contributed by atoms with Gasteiger partial charge in [-0.3, -0.25) is 0 Å². The minimum atomic E-state index is 0.524. The average molecular weight is 373 g/mol. The van der Waals surface area contributed by atoms with Crippen molar-refractivity contribution in [2.24, 2.45) is 5.84 Å². The third-order valence-electron chi connectivity index (χ3n) is 2.30. The van der Waals surface area contributed by atoms with Gasteiger partial charge in [0.25, 0.3) is 0 Å². The van der Waals surface area contributed by atoms with Gasteiger partial charge in [-0.2, -0.15) is 0 Å². The first kappa shape index (κ1) is 13.3. The topological polar surface area (TPSA) is 75.9 Å². The summed E-state index contributed by atoms with van der Waals surface area (Å²) in [6, 6.07) is 6.02. The van der Waals surface area contributed by atoms with Gasteiger partial charge in [0.05, 0.1) is 5.69 Å². The van der Waals surface area contributed by atoms with Crippen LogP contribution in [0.4, 0.5) is 17.3 Å². The Labute approximate surface area is 121 Å². The molecule has 18 heavy (non-hydrogen) atoms. The summed E-state index contributed by atoms with van der Waals surface area (Å²) in [4.78, 5) is 8.15. The molecule has 1 aromatic carbocycles. The molecule has 1 heterocycles. The first-order chi connectivity index (χ1) is 8.61. The molecule has 0 amide bonds. The summed E-state index contributed by atoms with van der Waals surface area (Å²) in [7, 11) is 0. The van der Waals surface area contributed by atoms with Crippen molar-refractivity contribution in [2.45, 2.75) is 6.92 Å². The highest BCUT2D eigenvalue weighted by Crippen LogP contribution is 2.31. The van der Waals surface area contributed by atoms with E-state index in [0.29, 0.717) is 16.1 Å². The van der Waals surface area contributed by atoms with Gasteiger partial charge < -0.3 is 10.7 Å². The quantitative estimate of drug-likeness (QED) is 0.569. The minimum absolute atomic E-state index is 0.524. The maximum atomic E-state index is 5.36. The van der Waals surface area contributed by atoms with Gasteiger partial charge in [-0.25, -0.2) is 15.8 Å². The Bertz CT molecular complexity index is 573. The number of rotatable bonds is 3. The summed E-state index contributed by atoms with van der Waals surface area (Å²) in [5.41, 5.74) is 4.59. The number of hydrogen-bond donors (Lipinski definition) is 3. The molecular weight excluding hydrogens is 362 g/mol. The number of halogens is 2. The molecule has 0 fully saturated rings. The van der Waals surface area contributed by atoms with Crippen molar-refractivity contribution in [3.05, 3.63) is 39.0 Å². The van der Waals surface area contributed by atoms with Crippen LogP contribution in [0.3, 0.4) is 0 Å². The van der Waals surface area contributed by atoms with E-state index >= 15 is 0 Å². The Kier molecular flexibility index (Phi) is 4.15. The molecule has 0 radical (unpaired) electrons. The van der Waals surface area contributed by atoms with E-state index in [-0.39, 0.29) is 0 Å². The zero-order chi connectivity index (χ0) is 13.1. The van der Waals surface area contributed by atoms with Crippen LogP contribution in [0.1, 0.15) is 5.56 Å². The number of nitrogens with one attached hydrogen (secondary N) is 2. The highest BCUT2D eigenvalue weighted by Gasteiger charge is 2.09. The Hall–Kier alpha value is -1.18. The summed E-state index contributed by atoms with van der Waals surface area (Å²) in [5.74, 6) is 6.52. The van der Waals surface area contributed by atoms with Gasteiger partial charge in [-0.15, -0.1) is 0 Å². The highest BCUT2D eigenvalue weighted by atomic mass is 79.9. The first-order valence-electron chi connectivity index (χ1n) is 5.12. The molecule has 0 aliphatic rings. The Morgan fingerprint density at radius 3 is 2.56 bits per heavy atom. The number of nitrogens with two attached hydrogens (primary N) is 1. The number of nitrogen functional groups attached to an aromatic ring is 1. The molecule has 2 rings (SSSR count). The van der Waals surface area contributed by atoms with E-state index in [0.717, 1.165) is 10.2 Å². The Morgan fingerprint density at radius 2 is 1.89 bits per heavy atom. The molecule has 0 bridgehead atoms. The van der Waals surface area contributed by atoms with Crippen molar-refractivity contribution < 1.29 is 0 Å². The maximum absolute atomic E-state index is 5.36. The summed E-state index contributed by atoms with van der Waals surface area (Å²) < 4.78 is 1.65. The molecule has 0 saturated carbocycles. The number of benzene rings is 1. The fraction of sp³-hybridized carbons (Fsp3) is 0.0909. The van der Waals surface area contributed by atoms with Gasteiger partial charge >= 0.3 is 0 Å². The molecule has 2 aromatic rings. The third kappa shape index (κ3) is 2.80. The van der Waals surface area contributed by atoms with Crippen LogP contribution in [0.2, 0.25) is 0 Å². The lowest BCUT2D eigenvalue weighted by molar-refractivity contribution is 1.12. The SMILES string of the molecule is Cc1ccc(Nc2ncnc(NN)c2Br)c(Br)c1. The standard InChI is InChI=1S/C11H11Br2N5/c1-6-2-3-8(7(12)4-6)17-10-9(13)11(18-14)16-5-15-10/h2-5H,14H2,1H3,(H2,15,16,17,18). The fourth-order valence-corrected chi connectivity index (χ4v) is 2.42. The zero-order valence-electron chi connectivity index (χ0n) is 9.54. The molecule has 0 aliphatic heterocycles. The fourth-order valence-electron chi connectivity index (χ4n) is 1.41. The van der Waals surface area contributed by atoms with Crippen molar-refractivity contribution in [2.75, 3.05) is 10.7 Å². The molecule has 0 spiro atoms. The number of anilines is 3. The number of nitrogens with zero attached hydrogens (tertiary/aromatic N) is 2. The molecule has 1 aromatic heterocycles. The Morgan fingerprint density at radius 1 is 1.17 bits per heavy atom. The average Bonchev–Trinajstić information content (AvgIpc) is 2.35. The van der Waals surface area contributed by atoms with Crippen molar-refractivity contribution in [3.8, 4) is 0 Å². The van der Waals surface area contributed by atoms with Gasteiger partial charge in [-0.1, -0.05) is 6.07 Å². The molecule has 0 aliphatic carbocycles. The smallest absolute Gasteiger partial charge is 0.159 e. The van der Waals surface area contributed by atoms with E-state index in [9.17, 15) is 0 Å². The van der Waals surface area contributed by atoms with E-state index < -0.39 is 0 Å². The van der Waals surface area contributed by atoms with Crippen LogP contribution in [0.25, 0.3) is 0 Å². The second-order valence-electron chi connectivity index (χ2n) is 3.64. The van der Waals surface area contributed by atoms with Crippen molar-refractivity contribution in [1.82, 2.24) is 9.97 Å². The van der Waals surface area contributed by atoms with E-state index in [2.05, 4.69) is 52.6 Å². The number of hydrogen-bond acceptors (Lipinski definition) is 5. The van der Waals surface area contributed by atoms with Crippen LogP contribution in [-0.2, 0) is 0 Å². The van der Waals surface area contributed by atoms with E-state index in [1.807, 2.05) is 25.1 Å². The van der Waals surface area contributed by atoms with Gasteiger partial charge in [0.2, 0.25) is 0 Å². The molecule has 0 unspecified atom stereocenters. The second kappa shape index (κ2) is 5.64. The lowest BCUT2D eigenvalue weighted by Crippen LogP contribution is -2.10. The zero-order valence-corrected chi connectivity index (χ0v) is 12.7.